The molecule has 44 heavy (non-hydrogen) atoms. The summed E-state index contributed by atoms with van der Waals surface area (Å²) in [7, 11) is 0. The molecule has 0 fully saturated rings. The van der Waals surface area contributed by atoms with Crippen molar-refractivity contribution in [1.29, 1.82) is 0 Å². The summed E-state index contributed by atoms with van der Waals surface area (Å²) in [6.07, 6.45) is 0. The fraction of sp³-hybridized carbons (Fsp3) is 0.190. The van der Waals surface area contributed by atoms with E-state index in [1.54, 1.807) is 0 Å². The molecule has 0 radical (unpaired) electrons. The molecule has 2 heteroatoms. The molecule has 0 aliphatic heterocycles. The molecule has 0 saturated carbocycles. The second kappa shape index (κ2) is 9.34. The maximum absolute atomic E-state index is 2.52. The van der Waals surface area contributed by atoms with Crippen LogP contribution in [0, 0.1) is 0 Å². The molecule has 2 nitrogen and oxygen atoms in total. The fourth-order valence-corrected chi connectivity index (χ4v) is 7.04. The third-order valence-corrected chi connectivity index (χ3v) is 9.41. The van der Waals surface area contributed by atoms with Gasteiger partial charge in [-0.15, -0.1) is 0 Å². The van der Waals surface area contributed by atoms with Crippen molar-refractivity contribution in [2.45, 2.75) is 52.4 Å². The SMILES string of the molecule is CC(C)(C)c1ccc(-n2c3c4ccccc4ccc3c3c2c2ccc4ccccc4c2n3-c2ccc(C(C)(C)C)cc2)cc1. The lowest BCUT2D eigenvalue weighted by Gasteiger charge is -2.20. The van der Waals surface area contributed by atoms with E-state index in [0.29, 0.717) is 0 Å². The maximum Gasteiger partial charge on any atom is 0.0804 e. The first-order chi connectivity index (χ1) is 21.1. The summed E-state index contributed by atoms with van der Waals surface area (Å²) < 4.78 is 5.05. The Kier molecular flexibility index (Phi) is 5.68. The highest BCUT2D eigenvalue weighted by Crippen LogP contribution is 2.45. The van der Waals surface area contributed by atoms with Crippen molar-refractivity contribution in [3.05, 3.63) is 132 Å². The number of aromatic nitrogens is 2. The van der Waals surface area contributed by atoms with Gasteiger partial charge in [-0.2, -0.15) is 0 Å². The first-order valence-electron chi connectivity index (χ1n) is 15.7. The number of benzene rings is 6. The fourth-order valence-electron chi connectivity index (χ4n) is 7.04. The molecular formula is C42H38N2. The molecule has 0 atom stereocenters. The Morgan fingerprint density at radius 3 is 1.07 bits per heavy atom. The Labute approximate surface area is 259 Å². The molecular weight excluding hydrogens is 532 g/mol. The minimum Gasteiger partial charge on any atom is -0.306 e. The highest BCUT2D eigenvalue weighted by Gasteiger charge is 2.25. The summed E-state index contributed by atoms with van der Waals surface area (Å²) in [5.74, 6) is 0. The van der Waals surface area contributed by atoms with Crippen LogP contribution < -0.4 is 0 Å². The van der Waals surface area contributed by atoms with E-state index < -0.39 is 0 Å². The Morgan fingerprint density at radius 2 is 0.705 bits per heavy atom. The third-order valence-electron chi connectivity index (χ3n) is 9.41. The monoisotopic (exact) mass is 570 g/mol. The first kappa shape index (κ1) is 26.8. The zero-order valence-corrected chi connectivity index (χ0v) is 26.4. The van der Waals surface area contributed by atoms with Crippen LogP contribution in [0.25, 0.3) is 65.8 Å². The third kappa shape index (κ3) is 3.94. The van der Waals surface area contributed by atoms with Gasteiger partial charge in [-0.3, -0.25) is 0 Å². The highest BCUT2D eigenvalue weighted by atomic mass is 15.1. The number of rotatable bonds is 2. The molecule has 0 amide bonds. The molecule has 2 aromatic heterocycles. The largest absolute Gasteiger partial charge is 0.306 e. The van der Waals surface area contributed by atoms with Crippen LogP contribution in [-0.4, -0.2) is 9.13 Å². The Bertz CT molecular complexity index is 2190. The lowest BCUT2D eigenvalue weighted by molar-refractivity contribution is 0.590. The Morgan fingerprint density at radius 1 is 0.341 bits per heavy atom. The van der Waals surface area contributed by atoms with E-state index in [4.69, 9.17) is 0 Å². The van der Waals surface area contributed by atoms with Gasteiger partial charge in [-0.1, -0.05) is 139 Å². The average Bonchev–Trinajstić information content (AvgIpc) is 3.53. The van der Waals surface area contributed by atoms with E-state index in [2.05, 4.69) is 172 Å². The molecule has 0 aliphatic carbocycles. The van der Waals surface area contributed by atoms with Crippen LogP contribution in [0.4, 0.5) is 0 Å². The number of nitrogens with zero attached hydrogens (tertiary/aromatic N) is 2. The van der Waals surface area contributed by atoms with E-state index in [9.17, 15) is 0 Å². The molecule has 8 aromatic rings. The Balaban J connectivity index is 1.59. The van der Waals surface area contributed by atoms with Crippen LogP contribution in [0.5, 0.6) is 0 Å². The van der Waals surface area contributed by atoms with Gasteiger partial charge < -0.3 is 9.13 Å². The van der Waals surface area contributed by atoms with Crippen molar-refractivity contribution < 1.29 is 0 Å². The summed E-state index contributed by atoms with van der Waals surface area (Å²) in [6.45, 7) is 13.7. The highest BCUT2D eigenvalue weighted by molar-refractivity contribution is 6.27. The van der Waals surface area contributed by atoms with Gasteiger partial charge in [-0.05, 0) is 57.0 Å². The van der Waals surface area contributed by atoms with Crippen LogP contribution in [0.1, 0.15) is 52.7 Å². The number of hydrogen-bond acceptors (Lipinski definition) is 0. The summed E-state index contributed by atoms with van der Waals surface area (Å²) in [5, 5.41) is 7.57. The zero-order valence-electron chi connectivity index (χ0n) is 26.4. The molecule has 0 spiro atoms. The van der Waals surface area contributed by atoms with Crippen molar-refractivity contribution in [1.82, 2.24) is 9.13 Å². The average molecular weight is 571 g/mol. The van der Waals surface area contributed by atoms with Crippen molar-refractivity contribution >= 4 is 54.4 Å². The predicted molar refractivity (Wildman–Crippen MR) is 190 cm³/mol. The standard InChI is InChI=1S/C42H38N2/c1-41(2,3)29-17-21-31(22-18-29)43-37-33-13-9-7-11-27(33)15-25-35(37)40-39(43)36-26-16-28-12-8-10-14-34(28)38(36)44(40)32-23-19-30(20-24-32)42(4,5)6/h7-26H,1-6H3. The molecule has 0 aliphatic rings. The van der Waals surface area contributed by atoms with E-state index in [1.807, 2.05) is 0 Å². The van der Waals surface area contributed by atoms with E-state index in [0.717, 1.165) is 0 Å². The number of fused-ring (bicyclic) bond motifs is 9. The van der Waals surface area contributed by atoms with Gasteiger partial charge in [0, 0.05) is 32.9 Å². The van der Waals surface area contributed by atoms with Crippen molar-refractivity contribution in [3.63, 3.8) is 0 Å². The number of hydrogen-bond donors (Lipinski definition) is 0. The first-order valence-corrected chi connectivity index (χ1v) is 15.7. The van der Waals surface area contributed by atoms with Gasteiger partial charge in [0.2, 0.25) is 0 Å². The summed E-state index contributed by atoms with van der Waals surface area (Å²) >= 11 is 0. The maximum atomic E-state index is 2.52. The van der Waals surface area contributed by atoms with Crippen LogP contribution in [0.2, 0.25) is 0 Å². The lowest BCUT2D eigenvalue weighted by atomic mass is 9.87. The van der Waals surface area contributed by atoms with Crippen LogP contribution in [0.3, 0.4) is 0 Å². The van der Waals surface area contributed by atoms with Crippen molar-refractivity contribution in [2.24, 2.45) is 0 Å². The molecule has 216 valence electrons. The van der Waals surface area contributed by atoms with Gasteiger partial charge in [0.05, 0.1) is 22.1 Å². The second-order valence-corrected chi connectivity index (χ2v) is 14.3. The van der Waals surface area contributed by atoms with Crippen LogP contribution in [0.15, 0.2) is 121 Å². The molecule has 6 aromatic carbocycles. The summed E-state index contributed by atoms with van der Waals surface area (Å²) in [4.78, 5) is 0. The molecule has 8 rings (SSSR count). The second-order valence-electron chi connectivity index (χ2n) is 14.3. The molecule has 2 heterocycles. The zero-order chi connectivity index (χ0) is 30.4. The molecule has 0 unspecified atom stereocenters. The van der Waals surface area contributed by atoms with Gasteiger partial charge in [0.15, 0.2) is 0 Å². The van der Waals surface area contributed by atoms with Crippen LogP contribution in [-0.2, 0) is 10.8 Å². The van der Waals surface area contributed by atoms with Gasteiger partial charge in [0.25, 0.3) is 0 Å². The van der Waals surface area contributed by atoms with Gasteiger partial charge in [-0.25, -0.2) is 0 Å². The van der Waals surface area contributed by atoms with Crippen molar-refractivity contribution in [2.75, 3.05) is 0 Å². The van der Waals surface area contributed by atoms with Crippen LogP contribution >= 0.6 is 0 Å². The minimum atomic E-state index is 0.0907. The van der Waals surface area contributed by atoms with Gasteiger partial charge in [0.1, 0.15) is 0 Å². The normalized spacial score (nSPS) is 12.8. The van der Waals surface area contributed by atoms with E-state index in [1.165, 1.54) is 76.9 Å². The Hall–Kier alpha value is -4.82. The molecule has 0 bridgehead atoms. The lowest BCUT2D eigenvalue weighted by Crippen LogP contribution is -2.10. The smallest absolute Gasteiger partial charge is 0.0804 e. The molecule has 0 N–H and O–H groups in total. The minimum absolute atomic E-state index is 0.0907. The summed E-state index contributed by atoms with van der Waals surface area (Å²) in [6, 6.07) is 45.3. The summed E-state index contributed by atoms with van der Waals surface area (Å²) in [5.41, 5.74) is 10.2. The topological polar surface area (TPSA) is 9.86 Å². The van der Waals surface area contributed by atoms with E-state index in [-0.39, 0.29) is 10.8 Å². The predicted octanol–water partition coefficient (Wildman–Crippen LogP) is 11.6. The van der Waals surface area contributed by atoms with E-state index >= 15 is 0 Å². The molecule has 0 saturated heterocycles. The van der Waals surface area contributed by atoms with Crippen molar-refractivity contribution in [3.8, 4) is 11.4 Å². The van der Waals surface area contributed by atoms with Gasteiger partial charge >= 0.3 is 0 Å². The quantitative estimate of drug-likeness (QED) is 0.196.